The van der Waals surface area contributed by atoms with Crippen LogP contribution in [0.3, 0.4) is 0 Å². The Bertz CT molecular complexity index is 931. The molecule has 2 aromatic rings. The number of amides is 2. The predicted molar refractivity (Wildman–Crippen MR) is 110 cm³/mol. The first-order chi connectivity index (χ1) is 13.8. The molecule has 0 aliphatic heterocycles. The Hall–Kier alpha value is -3.24. The van der Waals surface area contributed by atoms with Gasteiger partial charge in [0.25, 0.3) is 5.91 Å². The zero-order valence-corrected chi connectivity index (χ0v) is 17.3. The fraction of sp³-hybridized carbons (Fsp3) is 0.286. The minimum absolute atomic E-state index is 0.186. The van der Waals surface area contributed by atoms with Crippen molar-refractivity contribution in [1.29, 1.82) is 5.26 Å². The minimum Gasteiger partial charge on any atom is -0.497 e. The number of carbonyl (C=O) groups is 2. The molecule has 0 aromatic heterocycles. The second-order valence-electron chi connectivity index (χ2n) is 6.59. The molecule has 0 radical (unpaired) electrons. The number of nitrogens with zero attached hydrogens (tertiary/aromatic N) is 1. The lowest BCUT2D eigenvalue weighted by Gasteiger charge is -2.22. The fourth-order valence-electron chi connectivity index (χ4n) is 2.61. The summed E-state index contributed by atoms with van der Waals surface area (Å²) in [5.41, 5.74) is 0.967. The third-order valence-electron chi connectivity index (χ3n) is 4.20. The zero-order chi connectivity index (χ0) is 21.6. The van der Waals surface area contributed by atoms with E-state index in [1.807, 2.05) is 19.9 Å². The van der Waals surface area contributed by atoms with Crippen LogP contribution in [0.15, 0.2) is 36.4 Å². The molecule has 0 saturated heterocycles. The molecule has 8 heteroatoms. The van der Waals surface area contributed by atoms with Gasteiger partial charge in [-0.2, -0.15) is 5.26 Å². The minimum atomic E-state index is -0.805. The normalized spacial score (nSPS) is 11.3. The van der Waals surface area contributed by atoms with E-state index in [1.54, 1.807) is 24.3 Å². The van der Waals surface area contributed by atoms with Crippen molar-refractivity contribution >= 4 is 29.1 Å². The molecule has 2 amide bonds. The van der Waals surface area contributed by atoms with Crippen molar-refractivity contribution in [2.24, 2.45) is 5.92 Å². The summed E-state index contributed by atoms with van der Waals surface area (Å²) in [5.74, 6) is -0.107. The van der Waals surface area contributed by atoms with E-state index in [9.17, 15) is 9.59 Å². The fourth-order valence-corrected chi connectivity index (χ4v) is 2.77. The van der Waals surface area contributed by atoms with Gasteiger partial charge in [0.15, 0.2) is 0 Å². The number of methoxy groups -OCH3 is 2. The lowest BCUT2D eigenvalue weighted by Crippen LogP contribution is -2.47. The first-order valence-corrected chi connectivity index (χ1v) is 9.21. The van der Waals surface area contributed by atoms with Crippen LogP contribution in [0.1, 0.15) is 29.8 Å². The standard InChI is InChI=1S/C21H22ClN3O4/c1-12(2)19(21(27)24-15-5-6-18(22)14(7-15)11-23)25-20(26)13-8-16(28-3)10-17(9-13)29-4/h5-10,12,19H,1-4H3,(H,24,27)(H,25,26). The number of nitrogens with one attached hydrogen (secondary N) is 2. The van der Waals surface area contributed by atoms with Gasteiger partial charge >= 0.3 is 0 Å². The molecule has 0 fully saturated rings. The highest BCUT2D eigenvalue weighted by Crippen LogP contribution is 2.23. The van der Waals surface area contributed by atoms with E-state index in [0.29, 0.717) is 27.8 Å². The number of carbonyl (C=O) groups excluding carboxylic acids is 2. The molecular weight excluding hydrogens is 394 g/mol. The molecule has 0 heterocycles. The molecule has 2 rings (SSSR count). The number of ether oxygens (including phenoxy) is 2. The lowest BCUT2D eigenvalue weighted by atomic mass is 10.0. The third kappa shape index (κ3) is 5.62. The van der Waals surface area contributed by atoms with Gasteiger partial charge in [0.2, 0.25) is 5.91 Å². The van der Waals surface area contributed by atoms with Crippen LogP contribution in [0.5, 0.6) is 11.5 Å². The van der Waals surface area contributed by atoms with E-state index in [0.717, 1.165) is 0 Å². The Morgan fingerprint density at radius 2 is 1.69 bits per heavy atom. The van der Waals surface area contributed by atoms with Gasteiger partial charge in [-0.15, -0.1) is 0 Å². The maximum absolute atomic E-state index is 12.8. The van der Waals surface area contributed by atoms with Crippen molar-refractivity contribution in [2.75, 3.05) is 19.5 Å². The van der Waals surface area contributed by atoms with Gasteiger partial charge in [-0.1, -0.05) is 25.4 Å². The summed E-state index contributed by atoms with van der Waals surface area (Å²) in [6.45, 7) is 3.64. The van der Waals surface area contributed by atoms with E-state index in [-0.39, 0.29) is 11.5 Å². The van der Waals surface area contributed by atoms with Crippen LogP contribution in [0.25, 0.3) is 0 Å². The molecule has 2 N–H and O–H groups in total. The van der Waals surface area contributed by atoms with Crippen molar-refractivity contribution in [3.05, 3.63) is 52.5 Å². The molecule has 152 valence electrons. The molecule has 7 nitrogen and oxygen atoms in total. The van der Waals surface area contributed by atoms with Gasteiger partial charge in [-0.3, -0.25) is 9.59 Å². The number of rotatable bonds is 7. The number of halogens is 1. The van der Waals surface area contributed by atoms with Crippen molar-refractivity contribution in [2.45, 2.75) is 19.9 Å². The van der Waals surface area contributed by atoms with Gasteiger partial charge in [-0.05, 0) is 36.2 Å². The quantitative estimate of drug-likeness (QED) is 0.719. The van der Waals surface area contributed by atoms with Gasteiger partial charge < -0.3 is 20.1 Å². The average Bonchev–Trinajstić information content (AvgIpc) is 2.72. The first-order valence-electron chi connectivity index (χ1n) is 8.83. The highest BCUT2D eigenvalue weighted by molar-refractivity contribution is 6.31. The lowest BCUT2D eigenvalue weighted by molar-refractivity contribution is -0.118. The highest BCUT2D eigenvalue weighted by Gasteiger charge is 2.25. The maximum atomic E-state index is 12.8. The van der Waals surface area contributed by atoms with E-state index in [2.05, 4.69) is 10.6 Å². The van der Waals surface area contributed by atoms with Gasteiger partial charge in [0.1, 0.15) is 23.6 Å². The van der Waals surface area contributed by atoms with Crippen LogP contribution in [-0.2, 0) is 4.79 Å². The molecule has 0 aliphatic carbocycles. The SMILES string of the molecule is COc1cc(OC)cc(C(=O)NC(C(=O)Nc2ccc(Cl)c(C#N)c2)C(C)C)c1. The summed E-state index contributed by atoms with van der Waals surface area (Å²) in [7, 11) is 2.98. The molecule has 1 atom stereocenters. The predicted octanol–water partition coefficient (Wildman–Crippen LogP) is 3.62. The van der Waals surface area contributed by atoms with E-state index in [4.69, 9.17) is 26.3 Å². The Morgan fingerprint density at radius 1 is 1.07 bits per heavy atom. The van der Waals surface area contributed by atoms with Crippen LogP contribution >= 0.6 is 11.6 Å². The number of hydrogen-bond donors (Lipinski definition) is 2. The van der Waals surface area contributed by atoms with Gasteiger partial charge in [0, 0.05) is 17.3 Å². The number of nitriles is 1. The number of benzene rings is 2. The van der Waals surface area contributed by atoms with Crippen molar-refractivity contribution < 1.29 is 19.1 Å². The largest absolute Gasteiger partial charge is 0.497 e. The van der Waals surface area contributed by atoms with Crippen LogP contribution in [-0.4, -0.2) is 32.1 Å². The van der Waals surface area contributed by atoms with Crippen LogP contribution in [0, 0.1) is 17.2 Å². The average molecular weight is 416 g/mol. The monoisotopic (exact) mass is 415 g/mol. The van der Waals surface area contributed by atoms with E-state index in [1.165, 1.54) is 26.4 Å². The highest BCUT2D eigenvalue weighted by atomic mass is 35.5. The summed E-state index contributed by atoms with van der Waals surface area (Å²) < 4.78 is 10.4. The van der Waals surface area contributed by atoms with Gasteiger partial charge in [0.05, 0.1) is 24.8 Å². The molecule has 2 aromatic carbocycles. The molecular formula is C21H22ClN3O4. The molecule has 0 saturated carbocycles. The van der Waals surface area contributed by atoms with Crippen LogP contribution in [0.4, 0.5) is 5.69 Å². The smallest absolute Gasteiger partial charge is 0.252 e. The molecule has 29 heavy (non-hydrogen) atoms. The Morgan fingerprint density at radius 3 is 2.21 bits per heavy atom. The molecule has 0 spiro atoms. The zero-order valence-electron chi connectivity index (χ0n) is 16.6. The van der Waals surface area contributed by atoms with Crippen LogP contribution < -0.4 is 20.1 Å². The number of anilines is 1. The van der Waals surface area contributed by atoms with Crippen LogP contribution in [0.2, 0.25) is 5.02 Å². The Labute approximate surface area is 174 Å². The molecule has 0 bridgehead atoms. The number of hydrogen-bond acceptors (Lipinski definition) is 5. The van der Waals surface area contributed by atoms with E-state index < -0.39 is 17.9 Å². The summed E-state index contributed by atoms with van der Waals surface area (Å²) >= 11 is 5.92. The third-order valence-corrected chi connectivity index (χ3v) is 4.53. The topological polar surface area (TPSA) is 100 Å². The summed E-state index contributed by atoms with van der Waals surface area (Å²) in [5, 5.41) is 14.8. The first kappa shape index (κ1) is 22.1. The summed E-state index contributed by atoms with van der Waals surface area (Å²) in [6, 6.07) is 10.5. The molecule has 1 unspecified atom stereocenters. The summed E-state index contributed by atoms with van der Waals surface area (Å²) in [6.07, 6.45) is 0. The van der Waals surface area contributed by atoms with Crippen molar-refractivity contribution in [3.63, 3.8) is 0 Å². The van der Waals surface area contributed by atoms with E-state index >= 15 is 0 Å². The summed E-state index contributed by atoms with van der Waals surface area (Å²) in [4.78, 5) is 25.5. The second-order valence-corrected chi connectivity index (χ2v) is 7.00. The van der Waals surface area contributed by atoms with Crippen molar-refractivity contribution in [1.82, 2.24) is 5.32 Å². The molecule has 0 aliphatic rings. The maximum Gasteiger partial charge on any atom is 0.252 e. The second kappa shape index (κ2) is 9.80. The Balaban J connectivity index is 2.20. The van der Waals surface area contributed by atoms with Crippen molar-refractivity contribution in [3.8, 4) is 17.6 Å². The van der Waals surface area contributed by atoms with Gasteiger partial charge in [-0.25, -0.2) is 0 Å². The Kier molecular flexibility index (Phi) is 7.46.